The van der Waals surface area contributed by atoms with Crippen LogP contribution in [0.25, 0.3) is 0 Å². The highest BCUT2D eigenvalue weighted by atomic mass is 16.5. The van der Waals surface area contributed by atoms with E-state index in [1.54, 1.807) is 6.92 Å². The molecular formula is C12H23N3O3. The lowest BCUT2D eigenvalue weighted by atomic mass is 10.0. The fraction of sp³-hybridized carbons (Fsp3) is 0.833. The van der Waals surface area contributed by atoms with Crippen molar-refractivity contribution in [2.45, 2.75) is 45.4 Å². The molecule has 3 N–H and O–H groups in total. The predicted octanol–water partition coefficient (Wildman–Crippen LogP) is -0.606. The normalized spacial score (nSPS) is 18.9. The SMILES string of the molecule is CC(C)NC(=O)C(C)NC(=O)COC1(C)CNC1. The standard InChI is InChI=1S/C12H23N3O3/c1-8(2)14-11(17)9(3)15-10(16)5-18-12(4)6-13-7-12/h8-9,13H,5-7H2,1-4H3,(H,14,17)(H,15,16). The summed E-state index contributed by atoms with van der Waals surface area (Å²) in [6, 6.07) is -0.483. The molecule has 0 saturated carbocycles. The number of nitrogens with one attached hydrogen (secondary N) is 3. The maximum absolute atomic E-state index is 11.6. The van der Waals surface area contributed by atoms with Crippen molar-refractivity contribution in [3.8, 4) is 0 Å². The molecule has 1 saturated heterocycles. The molecule has 1 aliphatic rings. The van der Waals surface area contributed by atoms with Crippen LogP contribution in [-0.4, -0.2) is 49.2 Å². The Kier molecular flexibility index (Phi) is 5.10. The second-order valence-electron chi connectivity index (χ2n) is 5.29. The van der Waals surface area contributed by atoms with Gasteiger partial charge in [0.05, 0.1) is 5.60 Å². The van der Waals surface area contributed by atoms with E-state index in [1.165, 1.54) is 0 Å². The first-order valence-electron chi connectivity index (χ1n) is 6.27. The van der Waals surface area contributed by atoms with Crippen molar-refractivity contribution in [1.29, 1.82) is 0 Å². The molecule has 6 nitrogen and oxygen atoms in total. The van der Waals surface area contributed by atoms with Crippen molar-refractivity contribution in [2.75, 3.05) is 19.7 Å². The number of hydrogen-bond donors (Lipinski definition) is 3. The van der Waals surface area contributed by atoms with Crippen LogP contribution in [0.1, 0.15) is 27.7 Å². The molecule has 1 atom stereocenters. The second kappa shape index (κ2) is 6.15. The zero-order chi connectivity index (χ0) is 13.8. The Hall–Kier alpha value is -1.14. The molecule has 1 heterocycles. The van der Waals surface area contributed by atoms with E-state index in [-0.39, 0.29) is 30.1 Å². The van der Waals surface area contributed by atoms with Crippen LogP contribution in [0.4, 0.5) is 0 Å². The number of rotatable bonds is 6. The average Bonchev–Trinajstić information content (AvgIpc) is 2.22. The van der Waals surface area contributed by atoms with Gasteiger partial charge in [-0.05, 0) is 27.7 Å². The second-order valence-corrected chi connectivity index (χ2v) is 5.29. The highest BCUT2D eigenvalue weighted by Crippen LogP contribution is 2.14. The predicted molar refractivity (Wildman–Crippen MR) is 68.1 cm³/mol. The van der Waals surface area contributed by atoms with Crippen molar-refractivity contribution in [3.05, 3.63) is 0 Å². The molecule has 0 radical (unpaired) electrons. The topological polar surface area (TPSA) is 79.5 Å². The van der Waals surface area contributed by atoms with Gasteiger partial charge in [-0.3, -0.25) is 9.59 Å². The van der Waals surface area contributed by atoms with E-state index in [1.807, 2.05) is 20.8 Å². The van der Waals surface area contributed by atoms with Crippen LogP contribution in [0.3, 0.4) is 0 Å². The van der Waals surface area contributed by atoms with Crippen LogP contribution in [-0.2, 0) is 14.3 Å². The van der Waals surface area contributed by atoms with Crippen molar-refractivity contribution in [2.24, 2.45) is 0 Å². The first kappa shape index (κ1) is 14.9. The van der Waals surface area contributed by atoms with E-state index in [2.05, 4.69) is 16.0 Å². The first-order valence-corrected chi connectivity index (χ1v) is 6.27. The zero-order valence-electron chi connectivity index (χ0n) is 11.5. The van der Waals surface area contributed by atoms with Gasteiger partial charge in [0.25, 0.3) is 0 Å². The number of amides is 2. The lowest BCUT2D eigenvalue weighted by Gasteiger charge is -2.38. The van der Waals surface area contributed by atoms with Crippen LogP contribution in [0.5, 0.6) is 0 Å². The van der Waals surface area contributed by atoms with Crippen molar-refractivity contribution in [1.82, 2.24) is 16.0 Å². The van der Waals surface area contributed by atoms with Gasteiger partial charge in [0.15, 0.2) is 0 Å². The fourth-order valence-electron chi connectivity index (χ4n) is 1.58. The Morgan fingerprint density at radius 2 is 1.89 bits per heavy atom. The molecule has 0 spiro atoms. The van der Waals surface area contributed by atoms with E-state index in [4.69, 9.17) is 4.74 Å². The number of ether oxygens (including phenoxy) is 1. The van der Waals surface area contributed by atoms with E-state index in [0.717, 1.165) is 13.1 Å². The molecule has 0 aromatic heterocycles. The lowest BCUT2D eigenvalue weighted by Crippen LogP contribution is -2.60. The Labute approximate surface area is 108 Å². The minimum atomic E-state index is -0.546. The highest BCUT2D eigenvalue weighted by Gasteiger charge is 2.33. The van der Waals surface area contributed by atoms with Crippen molar-refractivity contribution >= 4 is 11.8 Å². The number of carbonyl (C=O) groups is 2. The third-order valence-electron chi connectivity index (χ3n) is 2.75. The first-order chi connectivity index (χ1) is 8.32. The molecule has 0 aromatic rings. The van der Waals surface area contributed by atoms with Crippen LogP contribution in [0, 0.1) is 0 Å². The van der Waals surface area contributed by atoms with E-state index in [9.17, 15) is 9.59 Å². The Morgan fingerprint density at radius 1 is 1.28 bits per heavy atom. The molecule has 1 rings (SSSR count). The number of carbonyl (C=O) groups excluding carboxylic acids is 2. The molecule has 1 fully saturated rings. The molecule has 0 aromatic carbocycles. The monoisotopic (exact) mass is 257 g/mol. The van der Waals surface area contributed by atoms with Crippen molar-refractivity contribution < 1.29 is 14.3 Å². The summed E-state index contributed by atoms with van der Waals surface area (Å²) in [5, 5.41) is 8.43. The molecule has 104 valence electrons. The summed E-state index contributed by atoms with van der Waals surface area (Å²) in [6.07, 6.45) is 0. The average molecular weight is 257 g/mol. The molecule has 1 aliphatic heterocycles. The minimum absolute atomic E-state index is 0.0164. The number of hydrogen-bond acceptors (Lipinski definition) is 4. The maximum Gasteiger partial charge on any atom is 0.246 e. The third-order valence-corrected chi connectivity index (χ3v) is 2.75. The summed E-state index contributed by atoms with van der Waals surface area (Å²) in [4.78, 5) is 23.2. The zero-order valence-corrected chi connectivity index (χ0v) is 11.5. The lowest BCUT2D eigenvalue weighted by molar-refractivity contribution is -0.138. The van der Waals surface area contributed by atoms with Gasteiger partial charge in [-0.25, -0.2) is 0 Å². The van der Waals surface area contributed by atoms with Crippen LogP contribution < -0.4 is 16.0 Å². The summed E-state index contributed by atoms with van der Waals surface area (Å²) in [5.74, 6) is -0.454. The van der Waals surface area contributed by atoms with Gasteiger partial charge in [-0.1, -0.05) is 0 Å². The fourth-order valence-corrected chi connectivity index (χ4v) is 1.58. The summed E-state index contributed by atoms with van der Waals surface area (Å²) < 4.78 is 5.48. The van der Waals surface area contributed by atoms with Gasteiger partial charge < -0.3 is 20.7 Å². The molecular weight excluding hydrogens is 234 g/mol. The molecule has 2 amide bonds. The summed E-state index contributed by atoms with van der Waals surface area (Å²) >= 11 is 0. The van der Waals surface area contributed by atoms with Crippen LogP contribution >= 0.6 is 0 Å². The van der Waals surface area contributed by atoms with Gasteiger partial charge in [0.1, 0.15) is 12.6 Å². The highest BCUT2D eigenvalue weighted by molar-refractivity contribution is 5.87. The maximum atomic E-state index is 11.6. The smallest absolute Gasteiger partial charge is 0.246 e. The van der Waals surface area contributed by atoms with Crippen molar-refractivity contribution in [3.63, 3.8) is 0 Å². The van der Waals surface area contributed by atoms with Crippen LogP contribution in [0.2, 0.25) is 0 Å². The van der Waals surface area contributed by atoms with E-state index in [0.29, 0.717) is 0 Å². The summed E-state index contributed by atoms with van der Waals surface area (Å²) in [5.41, 5.74) is -0.249. The third kappa shape index (κ3) is 4.62. The quantitative estimate of drug-likeness (QED) is 0.593. The minimum Gasteiger partial charge on any atom is -0.363 e. The van der Waals surface area contributed by atoms with Gasteiger partial charge in [-0.15, -0.1) is 0 Å². The largest absolute Gasteiger partial charge is 0.363 e. The Balaban J connectivity index is 2.24. The Morgan fingerprint density at radius 3 is 2.33 bits per heavy atom. The molecule has 0 aliphatic carbocycles. The van der Waals surface area contributed by atoms with Gasteiger partial charge in [0.2, 0.25) is 11.8 Å². The molecule has 1 unspecified atom stereocenters. The van der Waals surface area contributed by atoms with Gasteiger partial charge in [0, 0.05) is 19.1 Å². The van der Waals surface area contributed by atoms with Crippen LogP contribution in [0.15, 0.2) is 0 Å². The summed E-state index contributed by atoms with van der Waals surface area (Å²) in [6.45, 7) is 8.85. The van der Waals surface area contributed by atoms with E-state index >= 15 is 0 Å². The Bertz CT molecular complexity index is 314. The van der Waals surface area contributed by atoms with E-state index < -0.39 is 6.04 Å². The summed E-state index contributed by atoms with van der Waals surface area (Å²) in [7, 11) is 0. The van der Waals surface area contributed by atoms with Gasteiger partial charge in [-0.2, -0.15) is 0 Å². The molecule has 6 heteroatoms. The molecule has 0 bridgehead atoms. The van der Waals surface area contributed by atoms with Gasteiger partial charge >= 0.3 is 0 Å². The molecule has 18 heavy (non-hydrogen) atoms.